The molecule has 1 aliphatic heterocycles. The van der Waals surface area contributed by atoms with Gasteiger partial charge in [0.25, 0.3) is 0 Å². The van der Waals surface area contributed by atoms with Crippen LogP contribution in [0.2, 0.25) is 0 Å². The van der Waals surface area contributed by atoms with Gasteiger partial charge in [0.2, 0.25) is 10.0 Å². The van der Waals surface area contributed by atoms with E-state index in [1.807, 2.05) is 13.8 Å². The molecule has 1 atom stereocenters. The molecule has 0 aliphatic carbocycles. The second-order valence-corrected chi connectivity index (χ2v) is 8.91. The van der Waals surface area contributed by atoms with Crippen LogP contribution < -0.4 is 4.72 Å². The summed E-state index contributed by atoms with van der Waals surface area (Å²) in [7, 11) is -3.21. The van der Waals surface area contributed by atoms with Gasteiger partial charge < -0.3 is 4.90 Å². The Balaban J connectivity index is 1.91. The van der Waals surface area contributed by atoms with Crippen molar-refractivity contribution in [1.82, 2.24) is 9.62 Å². The van der Waals surface area contributed by atoms with E-state index in [9.17, 15) is 8.42 Å². The van der Waals surface area contributed by atoms with Crippen LogP contribution in [0, 0.1) is 13.8 Å². The third kappa shape index (κ3) is 4.28. The number of hydrogen-bond donors (Lipinski definition) is 1. The highest BCUT2D eigenvalue weighted by atomic mass is 32.2. The maximum Gasteiger partial charge on any atom is 0.213 e. The number of aryl methyl sites for hydroxylation is 2. The zero-order chi connectivity index (χ0) is 14.8. The van der Waals surface area contributed by atoms with E-state index in [-0.39, 0.29) is 11.8 Å². The molecule has 0 bridgehead atoms. The fourth-order valence-electron chi connectivity index (χ4n) is 2.73. The van der Waals surface area contributed by atoms with Crippen molar-refractivity contribution >= 4 is 21.4 Å². The lowest BCUT2D eigenvalue weighted by atomic mass is 10.1. The minimum atomic E-state index is -3.21. The summed E-state index contributed by atoms with van der Waals surface area (Å²) in [6.45, 7) is 8.73. The van der Waals surface area contributed by atoms with E-state index in [2.05, 4.69) is 22.6 Å². The molecule has 1 aromatic heterocycles. The normalized spacial score (nSPS) is 18.6. The molecular weight excluding hydrogens is 292 g/mol. The highest BCUT2D eigenvalue weighted by Crippen LogP contribution is 2.26. The summed E-state index contributed by atoms with van der Waals surface area (Å²) in [6, 6.07) is 1.93. The van der Waals surface area contributed by atoms with E-state index in [1.54, 1.807) is 11.3 Å². The van der Waals surface area contributed by atoms with E-state index in [0.29, 0.717) is 6.54 Å². The monoisotopic (exact) mass is 316 g/mol. The molecule has 1 saturated heterocycles. The Morgan fingerprint density at radius 1 is 1.35 bits per heavy atom. The van der Waals surface area contributed by atoms with Crippen LogP contribution in [0.25, 0.3) is 0 Å². The lowest BCUT2D eigenvalue weighted by Gasteiger charge is -2.17. The minimum Gasteiger partial charge on any atom is -0.302 e. The smallest absolute Gasteiger partial charge is 0.213 e. The number of thiophene rings is 1. The van der Waals surface area contributed by atoms with E-state index >= 15 is 0 Å². The number of nitrogens with zero attached hydrogens (tertiary/aromatic N) is 1. The molecule has 0 amide bonds. The third-order valence-corrected chi connectivity index (χ3v) is 6.19. The Bertz CT molecular complexity index is 546. The fourth-order valence-corrected chi connectivity index (χ4v) is 5.03. The molecule has 1 fully saturated rings. The molecule has 1 aromatic rings. The third-order valence-electron chi connectivity index (χ3n) is 3.78. The van der Waals surface area contributed by atoms with Crippen LogP contribution in [-0.2, 0) is 10.0 Å². The van der Waals surface area contributed by atoms with Gasteiger partial charge in [-0.15, -0.1) is 11.3 Å². The van der Waals surface area contributed by atoms with E-state index in [0.717, 1.165) is 18.7 Å². The van der Waals surface area contributed by atoms with Gasteiger partial charge in [-0.3, -0.25) is 0 Å². The first-order chi connectivity index (χ1) is 9.37. The number of likely N-dealkylation sites (tertiary alicyclic amines) is 1. The average molecular weight is 316 g/mol. The van der Waals surface area contributed by atoms with Crippen LogP contribution in [0.1, 0.15) is 41.1 Å². The Hall–Kier alpha value is -0.430. The van der Waals surface area contributed by atoms with Gasteiger partial charge in [-0.25, -0.2) is 13.1 Å². The minimum absolute atomic E-state index is 0.150. The van der Waals surface area contributed by atoms with Crippen LogP contribution in [-0.4, -0.2) is 38.7 Å². The first-order valence-corrected chi connectivity index (χ1v) is 9.63. The van der Waals surface area contributed by atoms with Crippen molar-refractivity contribution in [1.29, 1.82) is 0 Å². The molecule has 20 heavy (non-hydrogen) atoms. The lowest BCUT2D eigenvalue weighted by molar-refractivity contribution is 0.358. The van der Waals surface area contributed by atoms with Crippen molar-refractivity contribution in [2.24, 2.45) is 0 Å². The Labute approximate surface area is 126 Å². The first kappa shape index (κ1) is 15.9. The second-order valence-electron chi connectivity index (χ2n) is 5.58. The summed E-state index contributed by atoms with van der Waals surface area (Å²) in [6.07, 6.45) is 2.38. The van der Waals surface area contributed by atoms with Gasteiger partial charge in [0.05, 0.1) is 5.75 Å². The molecule has 1 aliphatic rings. The zero-order valence-electron chi connectivity index (χ0n) is 12.5. The Morgan fingerprint density at radius 2 is 2.00 bits per heavy atom. The number of rotatable bonds is 6. The van der Waals surface area contributed by atoms with Gasteiger partial charge in [0.15, 0.2) is 0 Å². The molecule has 2 rings (SSSR count). The summed E-state index contributed by atoms with van der Waals surface area (Å²) < 4.78 is 27.1. The SMILES string of the molecule is Cc1cc([C@H](C)NS(=O)(=O)CCN2CCCC2)c(C)s1. The van der Waals surface area contributed by atoms with E-state index in [4.69, 9.17) is 0 Å². The topological polar surface area (TPSA) is 49.4 Å². The van der Waals surface area contributed by atoms with Crippen molar-refractivity contribution in [3.63, 3.8) is 0 Å². The van der Waals surface area contributed by atoms with Crippen molar-refractivity contribution in [3.05, 3.63) is 21.4 Å². The highest BCUT2D eigenvalue weighted by molar-refractivity contribution is 7.89. The van der Waals surface area contributed by atoms with Gasteiger partial charge in [-0.2, -0.15) is 0 Å². The van der Waals surface area contributed by atoms with Crippen LogP contribution in [0.5, 0.6) is 0 Å². The standard InChI is InChI=1S/C14H24N2O2S2/c1-11-10-14(13(3)19-11)12(2)15-20(17,18)9-8-16-6-4-5-7-16/h10,12,15H,4-9H2,1-3H3/t12-/m0/s1. The maximum atomic E-state index is 12.2. The quantitative estimate of drug-likeness (QED) is 0.877. The number of sulfonamides is 1. The summed E-state index contributed by atoms with van der Waals surface area (Å²) in [4.78, 5) is 4.64. The molecule has 0 radical (unpaired) electrons. The molecule has 0 spiro atoms. The predicted octanol–water partition coefficient (Wildman–Crippen LogP) is 2.44. The number of nitrogens with one attached hydrogen (secondary N) is 1. The molecular formula is C14H24N2O2S2. The molecule has 0 unspecified atom stereocenters. The highest BCUT2D eigenvalue weighted by Gasteiger charge is 2.20. The second kappa shape index (κ2) is 6.56. The van der Waals surface area contributed by atoms with Gasteiger partial charge in [0.1, 0.15) is 0 Å². The molecule has 1 N–H and O–H groups in total. The van der Waals surface area contributed by atoms with Crippen molar-refractivity contribution in [2.45, 2.75) is 39.7 Å². The summed E-state index contributed by atoms with van der Waals surface area (Å²) in [5.41, 5.74) is 1.09. The van der Waals surface area contributed by atoms with Crippen molar-refractivity contribution in [2.75, 3.05) is 25.4 Å². The van der Waals surface area contributed by atoms with Crippen LogP contribution in [0.15, 0.2) is 6.07 Å². The van der Waals surface area contributed by atoms with Gasteiger partial charge in [-0.1, -0.05) is 0 Å². The largest absolute Gasteiger partial charge is 0.302 e. The molecule has 0 saturated carbocycles. The van der Waals surface area contributed by atoms with Gasteiger partial charge in [0, 0.05) is 22.3 Å². The zero-order valence-corrected chi connectivity index (χ0v) is 14.1. The lowest BCUT2D eigenvalue weighted by Crippen LogP contribution is -2.34. The van der Waals surface area contributed by atoms with E-state index in [1.165, 1.54) is 22.6 Å². The Morgan fingerprint density at radius 3 is 2.55 bits per heavy atom. The molecule has 6 heteroatoms. The van der Waals surface area contributed by atoms with Gasteiger partial charge >= 0.3 is 0 Å². The maximum absolute atomic E-state index is 12.2. The summed E-state index contributed by atoms with van der Waals surface area (Å²) >= 11 is 1.71. The molecule has 4 nitrogen and oxygen atoms in total. The van der Waals surface area contributed by atoms with Crippen LogP contribution >= 0.6 is 11.3 Å². The predicted molar refractivity (Wildman–Crippen MR) is 84.8 cm³/mol. The Kier molecular flexibility index (Phi) is 5.23. The van der Waals surface area contributed by atoms with Crippen molar-refractivity contribution < 1.29 is 8.42 Å². The fraction of sp³-hybridized carbons (Fsp3) is 0.714. The number of hydrogen-bond acceptors (Lipinski definition) is 4. The first-order valence-electron chi connectivity index (χ1n) is 7.17. The average Bonchev–Trinajstić information content (AvgIpc) is 2.95. The van der Waals surface area contributed by atoms with Crippen LogP contribution in [0.4, 0.5) is 0 Å². The summed E-state index contributed by atoms with van der Waals surface area (Å²) in [5, 5.41) is 0. The summed E-state index contributed by atoms with van der Waals surface area (Å²) in [5.74, 6) is 0.194. The molecule has 114 valence electrons. The van der Waals surface area contributed by atoms with E-state index < -0.39 is 10.0 Å². The molecule has 0 aromatic carbocycles. The van der Waals surface area contributed by atoms with Crippen LogP contribution in [0.3, 0.4) is 0 Å². The van der Waals surface area contributed by atoms with Gasteiger partial charge in [-0.05, 0) is 58.3 Å². The van der Waals surface area contributed by atoms with Crippen molar-refractivity contribution in [3.8, 4) is 0 Å². The molecule has 2 heterocycles.